The Labute approximate surface area is 126 Å². The molecule has 21 heavy (non-hydrogen) atoms. The van der Waals surface area contributed by atoms with Crippen molar-refractivity contribution in [3.05, 3.63) is 53.1 Å². The number of hydrogen-bond acceptors (Lipinski definition) is 2. The fraction of sp³-hybridized carbons (Fsp3) is 0.389. The number of allylic oxidation sites excluding steroid dienone is 2. The van der Waals surface area contributed by atoms with Gasteiger partial charge in [-0.15, -0.1) is 0 Å². The van der Waals surface area contributed by atoms with Gasteiger partial charge in [-0.1, -0.05) is 25.0 Å². The van der Waals surface area contributed by atoms with Crippen molar-refractivity contribution < 1.29 is 4.74 Å². The summed E-state index contributed by atoms with van der Waals surface area (Å²) in [6.45, 7) is 2.25. The highest BCUT2D eigenvalue weighted by atomic mass is 16.5. The van der Waals surface area contributed by atoms with E-state index < -0.39 is 0 Å². The van der Waals surface area contributed by atoms with Gasteiger partial charge in [-0.25, -0.2) is 4.98 Å². The maximum absolute atomic E-state index is 5.36. The second-order valence-electron chi connectivity index (χ2n) is 5.61. The standard InChI is InChI=1S/C18H22N2O/c1-3-4-17-13(9-15-11-19-12-20-15)5-6-14-10-16(21-2)7-8-18(14)17/h7-8,10-12H,3-6,9H2,1-2H3,(H,19,20). The van der Waals surface area contributed by atoms with E-state index in [4.69, 9.17) is 4.74 Å². The van der Waals surface area contributed by atoms with Crippen molar-refractivity contribution in [3.8, 4) is 5.75 Å². The largest absolute Gasteiger partial charge is 0.497 e. The summed E-state index contributed by atoms with van der Waals surface area (Å²) >= 11 is 0. The van der Waals surface area contributed by atoms with Gasteiger partial charge in [0.05, 0.1) is 13.4 Å². The topological polar surface area (TPSA) is 37.9 Å². The minimum absolute atomic E-state index is 0.960. The summed E-state index contributed by atoms with van der Waals surface area (Å²) in [6.07, 6.45) is 9.23. The molecule has 1 N–H and O–H groups in total. The van der Waals surface area contributed by atoms with Crippen LogP contribution < -0.4 is 4.74 Å². The zero-order valence-electron chi connectivity index (χ0n) is 12.8. The van der Waals surface area contributed by atoms with Crippen LogP contribution >= 0.6 is 0 Å². The Morgan fingerprint density at radius 3 is 2.90 bits per heavy atom. The summed E-state index contributed by atoms with van der Waals surface area (Å²) in [7, 11) is 1.73. The molecule has 0 saturated heterocycles. The Hall–Kier alpha value is -2.03. The van der Waals surface area contributed by atoms with E-state index >= 15 is 0 Å². The predicted octanol–water partition coefficient (Wildman–Crippen LogP) is 4.16. The Morgan fingerprint density at radius 2 is 2.19 bits per heavy atom. The van der Waals surface area contributed by atoms with E-state index in [0.717, 1.165) is 31.4 Å². The van der Waals surface area contributed by atoms with Crippen LogP contribution in [0.1, 0.15) is 43.0 Å². The molecule has 110 valence electrons. The minimum atomic E-state index is 0.960. The van der Waals surface area contributed by atoms with E-state index in [1.807, 2.05) is 6.20 Å². The van der Waals surface area contributed by atoms with Crippen LogP contribution in [-0.4, -0.2) is 17.1 Å². The molecule has 1 aliphatic rings. The average Bonchev–Trinajstić information content (AvgIpc) is 3.02. The highest BCUT2D eigenvalue weighted by Gasteiger charge is 2.19. The Balaban J connectivity index is 1.98. The van der Waals surface area contributed by atoms with Crippen LogP contribution in [0.15, 0.2) is 36.3 Å². The van der Waals surface area contributed by atoms with Crippen LogP contribution in [0, 0.1) is 0 Å². The number of imidazole rings is 1. The molecule has 3 nitrogen and oxygen atoms in total. The number of fused-ring (bicyclic) bond motifs is 1. The lowest BCUT2D eigenvalue weighted by atomic mass is 9.82. The molecular weight excluding hydrogens is 260 g/mol. The molecule has 2 aromatic rings. The van der Waals surface area contributed by atoms with Gasteiger partial charge in [0.15, 0.2) is 0 Å². The van der Waals surface area contributed by atoms with Gasteiger partial charge >= 0.3 is 0 Å². The fourth-order valence-electron chi connectivity index (χ4n) is 3.19. The number of nitrogens with zero attached hydrogens (tertiary/aromatic N) is 1. The number of aryl methyl sites for hydroxylation is 1. The van der Waals surface area contributed by atoms with E-state index in [2.05, 4.69) is 35.1 Å². The first-order valence-electron chi connectivity index (χ1n) is 7.67. The SMILES string of the molecule is CCCC1=C(Cc2cnc[nH]2)CCc2cc(OC)ccc21. The Bertz CT molecular complexity index is 641. The van der Waals surface area contributed by atoms with Crippen molar-refractivity contribution in [2.75, 3.05) is 7.11 Å². The third kappa shape index (κ3) is 2.87. The number of nitrogens with one attached hydrogen (secondary N) is 1. The van der Waals surface area contributed by atoms with Crippen molar-refractivity contribution >= 4 is 5.57 Å². The molecule has 1 heterocycles. The molecule has 0 atom stereocenters. The van der Waals surface area contributed by atoms with Crippen molar-refractivity contribution in [2.45, 2.75) is 39.0 Å². The molecule has 3 rings (SSSR count). The Morgan fingerprint density at radius 1 is 1.29 bits per heavy atom. The number of benzene rings is 1. The van der Waals surface area contributed by atoms with Gasteiger partial charge < -0.3 is 9.72 Å². The lowest BCUT2D eigenvalue weighted by Crippen LogP contribution is -2.08. The molecule has 0 aliphatic heterocycles. The van der Waals surface area contributed by atoms with Crippen LogP contribution in [0.25, 0.3) is 5.57 Å². The first kappa shape index (κ1) is 13.9. The monoisotopic (exact) mass is 282 g/mol. The quantitative estimate of drug-likeness (QED) is 0.894. The number of rotatable bonds is 5. The summed E-state index contributed by atoms with van der Waals surface area (Å²) < 4.78 is 5.36. The molecule has 0 radical (unpaired) electrons. The second-order valence-corrected chi connectivity index (χ2v) is 5.61. The van der Waals surface area contributed by atoms with Crippen LogP contribution in [0.4, 0.5) is 0 Å². The predicted molar refractivity (Wildman–Crippen MR) is 85.4 cm³/mol. The van der Waals surface area contributed by atoms with Gasteiger partial charge in [0, 0.05) is 18.3 Å². The van der Waals surface area contributed by atoms with E-state index in [-0.39, 0.29) is 0 Å². The third-order valence-electron chi connectivity index (χ3n) is 4.22. The molecular formula is C18H22N2O. The normalized spacial score (nSPS) is 14.2. The van der Waals surface area contributed by atoms with E-state index in [1.54, 1.807) is 19.0 Å². The van der Waals surface area contributed by atoms with Crippen molar-refractivity contribution in [1.82, 2.24) is 9.97 Å². The van der Waals surface area contributed by atoms with Crippen LogP contribution in [0.5, 0.6) is 5.75 Å². The van der Waals surface area contributed by atoms with Crippen molar-refractivity contribution in [1.29, 1.82) is 0 Å². The molecule has 0 fully saturated rings. The second kappa shape index (κ2) is 6.17. The van der Waals surface area contributed by atoms with Gasteiger partial charge in [0.25, 0.3) is 0 Å². The lowest BCUT2D eigenvalue weighted by Gasteiger charge is -2.24. The number of hydrogen-bond donors (Lipinski definition) is 1. The first-order chi connectivity index (χ1) is 10.3. The Kier molecular flexibility index (Phi) is 4.09. The van der Waals surface area contributed by atoms with Crippen LogP contribution in [0.3, 0.4) is 0 Å². The first-order valence-corrected chi connectivity index (χ1v) is 7.67. The van der Waals surface area contributed by atoms with Crippen LogP contribution in [0.2, 0.25) is 0 Å². The lowest BCUT2D eigenvalue weighted by molar-refractivity contribution is 0.414. The number of ether oxygens (including phenoxy) is 1. The van der Waals surface area contributed by atoms with Gasteiger partial charge in [-0.05, 0) is 48.1 Å². The number of aromatic nitrogens is 2. The molecule has 0 spiro atoms. The molecule has 1 aromatic heterocycles. The van der Waals surface area contributed by atoms with Crippen LogP contribution in [-0.2, 0) is 12.8 Å². The summed E-state index contributed by atoms with van der Waals surface area (Å²) in [5.41, 5.74) is 7.12. The highest BCUT2D eigenvalue weighted by molar-refractivity contribution is 5.74. The zero-order valence-corrected chi connectivity index (χ0v) is 12.8. The van der Waals surface area contributed by atoms with Gasteiger partial charge in [0.1, 0.15) is 5.75 Å². The molecule has 1 aromatic carbocycles. The summed E-state index contributed by atoms with van der Waals surface area (Å²) in [6, 6.07) is 6.50. The maximum atomic E-state index is 5.36. The maximum Gasteiger partial charge on any atom is 0.119 e. The summed E-state index contributed by atoms with van der Waals surface area (Å²) in [5.74, 6) is 0.960. The smallest absolute Gasteiger partial charge is 0.119 e. The molecule has 0 unspecified atom stereocenters. The highest BCUT2D eigenvalue weighted by Crippen LogP contribution is 2.37. The molecule has 0 bridgehead atoms. The van der Waals surface area contributed by atoms with Gasteiger partial charge in [-0.3, -0.25) is 0 Å². The number of aromatic amines is 1. The summed E-state index contributed by atoms with van der Waals surface area (Å²) in [5, 5.41) is 0. The van der Waals surface area contributed by atoms with Gasteiger partial charge in [-0.2, -0.15) is 0 Å². The third-order valence-corrected chi connectivity index (χ3v) is 4.22. The molecule has 1 aliphatic carbocycles. The molecule has 3 heteroatoms. The van der Waals surface area contributed by atoms with E-state index in [9.17, 15) is 0 Å². The number of methoxy groups -OCH3 is 1. The number of H-pyrrole nitrogens is 1. The zero-order chi connectivity index (χ0) is 14.7. The fourth-order valence-corrected chi connectivity index (χ4v) is 3.19. The molecule has 0 saturated carbocycles. The van der Waals surface area contributed by atoms with Gasteiger partial charge in [0.2, 0.25) is 0 Å². The van der Waals surface area contributed by atoms with E-state index in [1.165, 1.54) is 28.8 Å². The van der Waals surface area contributed by atoms with Crippen molar-refractivity contribution in [2.24, 2.45) is 0 Å². The molecule has 0 amide bonds. The van der Waals surface area contributed by atoms with Crippen molar-refractivity contribution in [3.63, 3.8) is 0 Å². The average molecular weight is 282 g/mol. The summed E-state index contributed by atoms with van der Waals surface area (Å²) in [4.78, 5) is 7.36. The minimum Gasteiger partial charge on any atom is -0.497 e. The van der Waals surface area contributed by atoms with E-state index in [0.29, 0.717) is 0 Å².